The van der Waals surface area contributed by atoms with E-state index < -0.39 is 0 Å². The molecule has 0 amide bonds. The first kappa shape index (κ1) is 17.7. The molecule has 0 aromatic carbocycles. The molecule has 0 unspecified atom stereocenters. The van der Waals surface area contributed by atoms with Crippen molar-refractivity contribution in [2.45, 2.75) is 13.5 Å². The van der Waals surface area contributed by atoms with Gasteiger partial charge < -0.3 is 14.9 Å². The molecule has 0 aliphatic heterocycles. The quantitative estimate of drug-likeness (QED) is 0.567. The largest absolute Gasteiger partial charge is 0.364 e. The Morgan fingerprint density at radius 2 is 1.96 bits per heavy atom. The van der Waals surface area contributed by atoms with Gasteiger partial charge in [-0.15, -0.1) is 0 Å². The van der Waals surface area contributed by atoms with Crippen LogP contribution in [0.25, 0.3) is 22.2 Å². The van der Waals surface area contributed by atoms with Crippen LogP contribution in [0, 0.1) is 6.92 Å². The van der Waals surface area contributed by atoms with Gasteiger partial charge in [0.1, 0.15) is 11.5 Å². The summed E-state index contributed by atoms with van der Waals surface area (Å²) in [6.07, 6.45) is 3.52. The van der Waals surface area contributed by atoms with E-state index in [0.717, 1.165) is 21.2 Å². The molecule has 8 nitrogen and oxygen atoms in total. The van der Waals surface area contributed by atoms with Gasteiger partial charge >= 0.3 is 5.69 Å². The summed E-state index contributed by atoms with van der Waals surface area (Å²) in [7, 11) is 3.15. The Bertz CT molecular complexity index is 1280. The standard InChI is InChI=1S/C20H20N6O2/c1-12-17(19(27)26(3)20(28)25(12)2)15-10-16(24-18-14(15)7-9-22-18)23-11-13-6-4-5-8-21-13/h4-10H,11H2,1-3H3,(H2,22,23,24). The lowest BCUT2D eigenvalue weighted by atomic mass is 10.0. The van der Waals surface area contributed by atoms with Crippen molar-refractivity contribution in [1.82, 2.24) is 24.1 Å². The second-order valence-electron chi connectivity index (χ2n) is 6.64. The predicted octanol–water partition coefficient (Wildman–Crippen LogP) is 1.94. The predicted molar refractivity (Wildman–Crippen MR) is 108 cm³/mol. The molecule has 0 aliphatic carbocycles. The number of nitrogens with one attached hydrogen (secondary N) is 2. The summed E-state index contributed by atoms with van der Waals surface area (Å²) in [4.78, 5) is 37.1. The molecule has 0 atom stereocenters. The smallest absolute Gasteiger partial charge is 0.330 e. The molecule has 4 rings (SSSR count). The van der Waals surface area contributed by atoms with Gasteiger partial charge in [-0.25, -0.2) is 9.78 Å². The summed E-state index contributed by atoms with van der Waals surface area (Å²) in [5.74, 6) is 0.617. The number of pyridine rings is 2. The van der Waals surface area contributed by atoms with E-state index in [0.29, 0.717) is 29.3 Å². The van der Waals surface area contributed by atoms with Crippen molar-refractivity contribution in [2.75, 3.05) is 5.32 Å². The van der Waals surface area contributed by atoms with E-state index in [-0.39, 0.29) is 11.2 Å². The van der Waals surface area contributed by atoms with Crippen molar-refractivity contribution >= 4 is 16.9 Å². The third kappa shape index (κ3) is 2.88. The Morgan fingerprint density at radius 3 is 2.71 bits per heavy atom. The van der Waals surface area contributed by atoms with E-state index in [2.05, 4.69) is 20.3 Å². The van der Waals surface area contributed by atoms with E-state index in [4.69, 9.17) is 0 Å². The molecule has 142 valence electrons. The molecule has 0 fully saturated rings. The number of H-pyrrole nitrogens is 1. The number of hydrogen-bond donors (Lipinski definition) is 2. The highest BCUT2D eigenvalue weighted by atomic mass is 16.2. The molecule has 2 N–H and O–H groups in total. The molecule has 8 heteroatoms. The lowest BCUT2D eigenvalue weighted by Crippen LogP contribution is -2.39. The van der Waals surface area contributed by atoms with Gasteiger partial charge in [-0.3, -0.25) is 14.3 Å². The van der Waals surface area contributed by atoms with Gasteiger partial charge in [0.05, 0.1) is 17.8 Å². The first-order valence-corrected chi connectivity index (χ1v) is 8.86. The third-order valence-corrected chi connectivity index (χ3v) is 4.93. The van der Waals surface area contributed by atoms with E-state index in [1.54, 1.807) is 26.4 Å². The van der Waals surface area contributed by atoms with Gasteiger partial charge in [0, 0.05) is 43.1 Å². The van der Waals surface area contributed by atoms with Crippen molar-refractivity contribution < 1.29 is 0 Å². The molecule has 0 aliphatic rings. The zero-order valence-electron chi connectivity index (χ0n) is 15.9. The number of fused-ring (bicyclic) bond motifs is 1. The van der Waals surface area contributed by atoms with Crippen LogP contribution in [0.5, 0.6) is 0 Å². The van der Waals surface area contributed by atoms with Gasteiger partial charge in [-0.2, -0.15) is 0 Å². The highest BCUT2D eigenvalue weighted by Crippen LogP contribution is 2.29. The maximum Gasteiger partial charge on any atom is 0.330 e. The summed E-state index contributed by atoms with van der Waals surface area (Å²) >= 11 is 0. The van der Waals surface area contributed by atoms with Crippen LogP contribution in [0.1, 0.15) is 11.4 Å². The van der Waals surface area contributed by atoms with Crippen molar-refractivity contribution in [3.05, 3.63) is 75.0 Å². The lowest BCUT2D eigenvalue weighted by Gasteiger charge is -2.14. The van der Waals surface area contributed by atoms with Crippen molar-refractivity contribution in [1.29, 1.82) is 0 Å². The molecular formula is C20H20N6O2. The molecule has 0 spiro atoms. The maximum absolute atomic E-state index is 12.9. The summed E-state index contributed by atoms with van der Waals surface area (Å²) in [6.45, 7) is 2.28. The minimum absolute atomic E-state index is 0.329. The average molecular weight is 376 g/mol. The Morgan fingerprint density at radius 1 is 1.14 bits per heavy atom. The molecule has 0 saturated heterocycles. The fraction of sp³-hybridized carbons (Fsp3) is 0.200. The van der Waals surface area contributed by atoms with Crippen LogP contribution in [0.4, 0.5) is 5.82 Å². The van der Waals surface area contributed by atoms with Crippen LogP contribution in [-0.4, -0.2) is 24.1 Å². The second-order valence-corrected chi connectivity index (χ2v) is 6.64. The third-order valence-electron chi connectivity index (χ3n) is 4.93. The Balaban J connectivity index is 1.87. The summed E-state index contributed by atoms with van der Waals surface area (Å²) in [5.41, 5.74) is 2.69. The maximum atomic E-state index is 12.9. The van der Waals surface area contributed by atoms with E-state index in [1.165, 1.54) is 11.6 Å². The molecule has 4 heterocycles. The lowest BCUT2D eigenvalue weighted by molar-refractivity contribution is 0.671. The van der Waals surface area contributed by atoms with Crippen molar-refractivity contribution in [3.63, 3.8) is 0 Å². The van der Waals surface area contributed by atoms with Crippen LogP contribution in [-0.2, 0) is 20.6 Å². The first-order valence-electron chi connectivity index (χ1n) is 8.86. The zero-order valence-corrected chi connectivity index (χ0v) is 15.9. The van der Waals surface area contributed by atoms with Gasteiger partial charge in [0.2, 0.25) is 0 Å². The van der Waals surface area contributed by atoms with Crippen LogP contribution in [0.15, 0.2) is 52.3 Å². The molecule has 4 aromatic rings. The summed E-state index contributed by atoms with van der Waals surface area (Å²) < 4.78 is 2.61. The minimum atomic E-state index is -0.348. The monoisotopic (exact) mass is 376 g/mol. The molecule has 0 saturated carbocycles. The normalized spacial score (nSPS) is 11.1. The second kappa shape index (κ2) is 6.80. The van der Waals surface area contributed by atoms with Crippen LogP contribution < -0.4 is 16.6 Å². The van der Waals surface area contributed by atoms with Crippen LogP contribution in [0.2, 0.25) is 0 Å². The van der Waals surface area contributed by atoms with Gasteiger partial charge in [-0.05, 0) is 31.2 Å². The van der Waals surface area contributed by atoms with Gasteiger partial charge in [0.15, 0.2) is 0 Å². The van der Waals surface area contributed by atoms with Crippen molar-refractivity contribution in [2.24, 2.45) is 14.1 Å². The fourth-order valence-electron chi connectivity index (χ4n) is 3.27. The first-order chi connectivity index (χ1) is 13.5. The molecule has 28 heavy (non-hydrogen) atoms. The molecule has 0 bridgehead atoms. The van der Waals surface area contributed by atoms with Crippen LogP contribution >= 0.6 is 0 Å². The number of aromatic nitrogens is 5. The minimum Gasteiger partial charge on any atom is -0.364 e. The SMILES string of the molecule is Cc1c(-c2cc(NCc3ccccn3)nc3[nH]ccc23)c(=O)n(C)c(=O)n1C. The number of aromatic amines is 1. The van der Waals surface area contributed by atoms with E-state index in [1.807, 2.05) is 30.3 Å². The van der Waals surface area contributed by atoms with E-state index >= 15 is 0 Å². The Hall–Kier alpha value is -3.68. The number of anilines is 1. The topological polar surface area (TPSA) is 97.6 Å². The number of hydrogen-bond acceptors (Lipinski definition) is 5. The Kier molecular flexibility index (Phi) is 4.31. The average Bonchev–Trinajstić information content (AvgIpc) is 3.19. The summed E-state index contributed by atoms with van der Waals surface area (Å²) in [5, 5.41) is 4.08. The van der Waals surface area contributed by atoms with E-state index in [9.17, 15) is 9.59 Å². The van der Waals surface area contributed by atoms with Gasteiger partial charge in [0.25, 0.3) is 5.56 Å². The molecular weight excluding hydrogens is 356 g/mol. The Labute approximate surface area is 160 Å². The highest BCUT2D eigenvalue weighted by molar-refractivity contribution is 5.95. The zero-order chi connectivity index (χ0) is 19.8. The van der Waals surface area contributed by atoms with Crippen LogP contribution in [0.3, 0.4) is 0 Å². The fourth-order valence-corrected chi connectivity index (χ4v) is 3.27. The summed E-state index contributed by atoms with van der Waals surface area (Å²) in [6, 6.07) is 9.43. The van der Waals surface area contributed by atoms with Crippen molar-refractivity contribution in [3.8, 4) is 11.1 Å². The number of nitrogens with zero attached hydrogens (tertiary/aromatic N) is 4. The molecule has 0 radical (unpaired) electrons. The highest BCUT2D eigenvalue weighted by Gasteiger charge is 2.18. The van der Waals surface area contributed by atoms with Gasteiger partial charge in [-0.1, -0.05) is 6.07 Å². The molecule has 4 aromatic heterocycles. The number of rotatable bonds is 4.